The van der Waals surface area contributed by atoms with E-state index in [4.69, 9.17) is 0 Å². The van der Waals surface area contributed by atoms with Gasteiger partial charge in [0.05, 0.1) is 2.88 Å². The van der Waals surface area contributed by atoms with Crippen LogP contribution < -0.4 is 0 Å². The van der Waals surface area contributed by atoms with Gasteiger partial charge in [-0.3, -0.25) is 0 Å². The molecule has 0 bridgehead atoms. The number of thioether (sulfide) groups is 1. The molecule has 0 saturated carbocycles. The Morgan fingerprint density at radius 3 is 2.75 bits per heavy atom. The molecule has 0 spiro atoms. The number of halogens is 1. The van der Waals surface area contributed by atoms with E-state index in [1.165, 1.54) is 7.78 Å². The molecule has 1 heterocycles. The molecule has 44 valence electrons. The van der Waals surface area contributed by atoms with Crippen LogP contribution in [0.2, 0.25) is 0 Å². The molecule has 1 aromatic heterocycles. The molecule has 0 saturated heterocycles. The van der Waals surface area contributed by atoms with Crippen LogP contribution in [0, 0.1) is 2.88 Å². The Hall–Kier alpha value is 0.780. The molecule has 0 aliphatic carbocycles. The lowest BCUT2D eigenvalue weighted by Crippen LogP contribution is -1.60. The molecule has 0 fully saturated rings. The lowest BCUT2D eigenvalue weighted by molar-refractivity contribution is 1.55. The minimum absolute atomic E-state index is 1.40. The topological polar surface area (TPSA) is 0 Å². The summed E-state index contributed by atoms with van der Waals surface area (Å²) >= 11 is 5.95. The summed E-state index contributed by atoms with van der Waals surface area (Å²) < 4.78 is 1.40. The van der Waals surface area contributed by atoms with Crippen LogP contribution in [0.5, 0.6) is 0 Å². The highest BCUT2D eigenvalue weighted by atomic mass is 127. The minimum atomic E-state index is 1.40. The van der Waals surface area contributed by atoms with E-state index in [2.05, 4.69) is 40.3 Å². The second-order valence-corrected chi connectivity index (χ2v) is 4.84. The summed E-state index contributed by atoms with van der Waals surface area (Å²) in [6, 6.07) is 2.15. The second-order valence-electron chi connectivity index (χ2n) is 1.26. The van der Waals surface area contributed by atoms with Crippen LogP contribution in [0.4, 0.5) is 0 Å². The quantitative estimate of drug-likeness (QED) is 0.549. The predicted molar refractivity (Wildman–Crippen MR) is 48.8 cm³/mol. The van der Waals surface area contributed by atoms with Gasteiger partial charge in [0.25, 0.3) is 0 Å². The van der Waals surface area contributed by atoms with Gasteiger partial charge in [-0.15, -0.1) is 23.1 Å². The van der Waals surface area contributed by atoms with Crippen LogP contribution in [0.15, 0.2) is 16.3 Å². The van der Waals surface area contributed by atoms with Gasteiger partial charge in [0.1, 0.15) is 0 Å². The molecule has 0 aliphatic rings. The van der Waals surface area contributed by atoms with E-state index in [9.17, 15) is 0 Å². The summed E-state index contributed by atoms with van der Waals surface area (Å²) in [4.78, 5) is 1.40. The first-order valence-corrected chi connectivity index (χ1v) is 5.30. The third-order valence-electron chi connectivity index (χ3n) is 0.805. The SMILES string of the molecule is CSc1ccsc1I. The average molecular weight is 256 g/mol. The van der Waals surface area contributed by atoms with Crippen molar-refractivity contribution in [3.8, 4) is 0 Å². The zero-order valence-corrected chi connectivity index (χ0v) is 8.14. The monoisotopic (exact) mass is 256 g/mol. The zero-order valence-electron chi connectivity index (χ0n) is 4.35. The Morgan fingerprint density at radius 2 is 2.50 bits per heavy atom. The largest absolute Gasteiger partial charge is 0.137 e. The summed E-state index contributed by atoms with van der Waals surface area (Å²) in [6.45, 7) is 0. The summed E-state index contributed by atoms with van der Waals surface area (Å²) in [5, 5.41) is 2.12. The molecule has 0 aliphatic heterocycles. The number of thiophene rings is 1. The first-order valence-electron chi connectivity index (χ1n) is 2.11. The molecule has 1 aromatic rings. The van der Waals surface area contributed by atoms with Gasteiger partial charge in [0, 0.05) is 4.90 Å². The molecule has 1 rings (SSSR count). The Morgan fingerprint density at radius 1 is 1.75 bits per heavy atom. The molecule has 0 atom stereocenters. The molecular formula is C5H5IS2. The van der Waals surface area contributed by atoms with Gasteiger partial charge in [0.15, 0.2) is 0 Å². The van der Waals surface area contributed by atoms with Gasteiger partial charge in [0.2, 0.25) is 0 Å². The van der Waals surface area contributed by atoms with Crippen molar-refractivity contribution in [1.29, 1.82) is 0 Å². The van der Waals surface area contributed by atoms with Gasteiger partial charge in [-0.05, 0) is 40.3 Å². The molecule has 0 radical (unpaired) electrons. The maximum Gasteiger partial charge on any atom is 0.0788 e. The van der Waals surface area contributed by atoms with Crippen molar-refractivity contribution in [2.75, 3.05) is 6.26 Å². The zero-order chi connectivity index (χ0) is 5.98. The minimum Gasteiger partial charge on any atom is -0.137 e. The van der Waals surface area contributed by atoms with Crippen LogP contribution in [0.3, 0.4) is 0 Å². The van der Waals surface area contributed by atoms with E-state index >= 15 is 0 Å². The Kier molecular flexibility index (Phi) is 2.65. The Labute approximate surface area is 70.8 Å². The van der Waals surface area contributed by atoms with Crippen LogP contribution >= 0.6 is 45.7 Å². The predicted octanol–water partition coefficient (Wildman–Crippen LogP) is 3.07. The van der Waals surface area contributed by atoms with E-state index in [0.717, 1.165) is 0 Å². The molecule has 0 nitrogen and oxygen atoms in total. The van der Waals surface area contributed by atoms with Crippen LogP contribution in [0.1, 0.15) is 0 Å². The standard InChI is InChI=1S/C5H5IS2/c1-7-4-2-3-8-5(4)6/h2-3H,1H3. The average Bonchev–Trinajstić information content (AvgIpc) is 2.14. The van der Waals surface area contributed by atoms with E-state index in [-0.39, 0.29) is 0 Å². The van der Waals surface area contributed by atoms with Crippen LogP contribution in [-0.4, -0.2) is 6.26 Å². The van der Waals surface area contributed by atoms with Gasteiger partial charge in [-0.2, -0.15) is 0 Å². The van der Waals surface area contributed by atoms with Crippen molar-refractivity contribution in [3.63, 3.8) is 0 Å². The first-order chi connectivity index (χ1) is 3.84. The lowest BCUT2D eigenvalue weighted by Gasteiger charge is -1.85. The molecule has 0 aromatic carbocycles. The second kappa shape index (κ2) is 3.08. The van der Waals surface area contributed by atoms with Crippen molar-refractivity contribution >= 4 is 45.7 Å². The van der Waals surface area contributed by atoms with Gasteiger partial charge >= 0.3 is 0 Å². The highest BCUT2D eigenvalue weighted by Gasteiger charge is 1.95. The molecule has 8 heavy (non-hydrogen) atoms. The van der Waals surface area contributed by atoms with Gasteiger partial charge in [-0.25, -0.2) is 0 Å². The number of hydrogen-bond donors (Lipinski definition) is 0. The summed E-state index contributed by atoms with van der Waals surface area (Å²) in [6.07, 6.45) is 2.10. The molecule has 3 heteroatoms. The molecule has 0 unspecified atom stereocenters. The van der Waals surface area contributed by atoms with Crippen LogP contribution in [0.25, 0.3) is 0 Å². The van der Waals surface area contributed by atoms with Crippen molar-refractivity contribution < 1.29 is 0 Å². The Balaban J connectivity index is 2.92. The van der Waals surface area contributed by atoms with Gasteiger partial charge < -0.3 is 0 Å². The fraction of sp³-hybridized carbons (Fsp3) is 0.200. The third-order valence-corrected chi connectivity index (χ3v) is 4.12. The van der Waals surface area contributed by atoms with Crippen molar-refractivity contribution in [2.24, 2.45) is 0 Å². The van der Waals surface area contributed by atoms with Gasteiger partial charge in [-0.1, -0.05) is 0 Å². The van der Waals surface area contributed by atoms with Crippen molar-refractivity contribution in [2.45, 2.75) is 4.90 Å². The normalized spacial score (nSPS) is 9.75. The molecule has 0 amide bonds. The van der Waals surface area contributed by atoms with E-state index in [0.29, 0.717) is 0 Å². The van der Waals surface area contributed by atoms with Crippen molar-refractivity contribution in [1.82, 2.24) is 0 Å². The van der Waals surface area contributed by atoms with E-state index < -0.39 is 0 Å². The fourth-order valence-corrected chi connectivity index (χ4v) is 3.06. The molecular weight excluding hydrogens is 251 g/mol. The Bertz CT molecular complexity index is 171. The fourth-order valence-electron chi connectivity index (χ4n) is 0.427. The number of hydrogen-bond acceptors (Lipinski definition) is 2. The smallest absolute Gasteiger partial charge is 0.0788 e. The molecule has 0 N–H and O–H groups in total. The van der Waals surface area contributed by atoms with E-state index in [1.54, 1.807) is 23.1 Å². The summed E-state index contributed by atoms with van der Waals surface area (Å²) in [7, 11) is 0. The first kappa shape index (κ1) is 6.89. The van der Waals surface area contributed by atoms with Crippen molar-refractivity contribution in [3.05, 3.63) is 14.3 Å². The third kappa shape index (κ3) is 1.39. The number of rotatable bonds is 1. The highest BCUT2D eigenvalue weighted by Crippen LogP contribution is 2.26. The van der Waals surface area contributed by atoms with E-state index in [1.807, 2.05) is 0 Å². The maximum absolute atomic E-state index is 2.35. The summed E-state index contributed by atoms with van der Waals surface area (Å²) in [5.74, 6) is 0. The summed E-state index contributed by atoms with van der Waals surface area (Å²) in [5.41, 5.74) is 0. The maximum atomic E-state index is 2.35. The highest BCUT2D eigenvalue weighted by molar-refractivity contribution is 14.1. The lowest BCUT2D eigenvalue weighted by atomic mass is 10.7. The van der Waals surface area contributed by atoms with Crippen LogP contribution in [-0.2, 0) is 0 Å².